The highest BCUT2D eigenvalue weighted by Crippen LogP contribution is 2.13. The lowest BCUT2D eigenvalue weighted by Gasteiger charge is -2.08. The van der Waals surface area contributed by atoms with Crippen molar-refractivity contribution in [3.63, 3.8) is 0 Å². The molecule has 0 unspecified atom stereocenters. The third kappa shape index (κ3) is 9.23. The lowest BCUT2D eigenvalue weighted by atomic mass is 10.2. The van der Waals surface area contributed by atoms with Gasteiger partial charge in [-0.3, -0.25) is 4.55 Å². The van der Waals surface area contributed by atoms with Gasteiger partial charge in [0.2, 0.25) is 0 Å². The maximum atomic E-state index is 11.7. The lowest BCUT2D eigenvalue weighted by molar-refractivity contribution is 0.241. The predicted molar refractivity (Wildman–Crippen MR) is 98.8 cm³/mol. The van der Waals surface area contributed by atoms with Crippen LogP contribution in [0.3, 0.4) is 0 Å². The van der Waals surface area contributed by atoms with E-state index in [1.165, 1.54) is 24.3 Å². The highest BCUT2D eigenvalue weighted by molar-refractivity contribution is 7.85. The van der Waals surface area contributed by atoms with E-state index in [-0.39, 0.29) is 17.0 Å². The van der Waals surface area contributed by atoms with Crippen LogP contribution in [-0.4, -0.2) is 44.7 Å². The molecule has 1 aromatic carbocycles. The van der Waals surface area contributed by atoms with Crippen LogP contribution in [0.15, 0.2) is 29.2 Å². The highest BCUT2D eigenvalue weighted by atomic mass is 32.2. The second kappa shape index (κ2) is 11.3. The number of carbonyl (C=O) groups is 2. The van der Waals surface area contributed by atoms with Gasteiger partial charge in [-0.15, -0.1) is 0 Å². The van der Waals surface area contributed by atoms with Crippen molar-refractivity contribution in [2.75, 3.05) is 25.0 Å². The van der Waals surface area contributed by atoms with E-state index in [1.807, 2.05) is 6.92 Å². The molecule has 0 aliphatic heterocycles. The van der Waals surface area contributed by atoms with Gasteiger partial charge in [-0.25, -0.2) is 9.59 Å². The molecule has 146 valence electrons. The zero-order chi connectivity index (χ0) is 19.4. The maximum Gasteiger partial charge on any atom is 0.319 e. The topological polar surface area (TPSA) is 137 Å². The fourth-order valence-electron chi connectivity index (χ4n) is 2.12. The average Bonchev–Trinajstić information content (AvgIpc) is 2.57. The van der Waals surface area contributed by atoms with Crippen LogP contribution in [0.4, 0.5) is 15.3 Å². The number of hydrogen-bond acceptors (Lipinski definition) is 4. The van der Waals surface area contributed by atoms with Crippen LogP contribution in [0.2, 0.25) is 0 Å². The molecule has 26 heavy (non-hydrogen) atoms. The summed E-state index contributed by atoms with van der Waals surface area (Å²) < 4.78 is 30.7. The van der Waals surface area contributed by atoms with Crippen LogP contribution in [0.25, 0.3) is 0 Å². The van der Waals surface area contributed by atoms with Gasteiger partial charge in [0.15, 0.2) is 0 Å². The first-order valence-corrected chi connectivity index (χ1v) is 9.91. The van der Waals surface area contributed by atoms with Crippen molar-refractivity contribution in [1.82, 2.24) is 16.0 Å². The summed E-state index contributed by atoms with van der Waals surface area (Å²) in [6.45, 7) is 3.60. The molecule has 5 N–H and O–H groups in total. The molecular weight excluding hydrogens is 360 g/mol. The summed E-state index contributed by atoms with van der Waals surface area (Å²) in [7, 11) is -4.24. The fourth-order valence-corrected chi connectivity index (χ4v) is 2.60. The van der Waals surface area contributed by atoms with Gasteiger partial charge < -0.3 is 21.3 Å². The number of rotatable bonds is 10. The Morgan fingerprint density at radius 2 is 1.42 bits per heavy atom. The first kappa shape index (κ1) is 21.7. The molecule has 0 aliphatic carbocycles. The molecule has 0 bridgehead atoms. The van der Waals surface area contributed by atoms with Gasteiger partial charge >= 0.3 is 12.1 Å². The van der Waals surface area contributed by atoms with E-state index < -0.39 is 10.1 Å². The Morgan fingerprint density at radius 1 is 0.885 bits per heavy atom. The Balaban J connectivity index is 2.11. The first-order valence-electron chi connectivity index (χ1n) is 8.47. The average molecular weight is 386 g/mol. The van der Waals surface area contributed by atoms with Crippen LogP contribution in [0.1, 0.15) is 32.6 Å². The summed E-state index contributed by atoms with van der Waals surface area (Å²) in [4.78, 5) is 22.6. The van der Waals surface area contributed by atoms with Crippen LogP contribution < -0.4 is 21.3 Å². The molecule has 0 fully saturated rings. The van der Waals surface area contributed by atoms with Gasteiger partial charge in [-0.2, -0.15) is 8.42 Å². The highest BCUT2D eigenvalue weighted by Gasteiger charge is 2.09. The minimum atomic E-state index is -4.24. The minimum absolute atomic E-state index is 0.157. The summed E-state index contributed by atoms with van der Waals surface area (Å²) in [5.41, 5.74) is 0.423. The molecule has 0 aromatic heterocycles. The predicted octanol–water partition coefficient (Wildman–Crippen LogP) is 1.93. The molecule has 0 saturated carbocycles. The Morgan fingerprint density at radius 3 is 1.92 bits per heavy atom. The van der Waals surface area contributed by atoms with E-state index in [1.54, 1.807) is 0 Å². The zero-order valence-corrected chi connectivity index (χ0v) is 15.6. The standard InChI is InChI=1S/C16H26N4O5S/c1-2-17-15(21)18-11-5-3-4-6-12-19-16(22)20-13-7-9-14(10-8-13)26(23,24)25/h7-10H,2-6,11-12H2,1H3,(H2,17,18,21)(H2,19,20,22)(H,23,24,25). The van der Waals surface area contributed by atoms with Crippen LogP contribution >= 0.6 is 0 Å². The summed E-state index contributed by atoms with van der Waals surface area (Å²) in [5.74, 6) is 0. The number of nitrogens with one attached hydrogen (secondary N) is 4. The quantitative estimate of drug-likeness (QED) is 0.309. The molecule has 0 spiro atoms. The number of amides is 4. The molecule has 0 aliphatic rings. The molecule has 0 saturated heterocycles. The van der Waals surface area contributed by atoms with Crippen LogP contribution in [0.5, 0.6) is 0 Å². The van der Waals surface area contributed by atoms with Crippen molar-refractivity contribution in [2.45, 2.75) is 37.5 Å². The van der Waals surface area contributed by atoms with E-state index in [0.29, 0.717) is 25.3 Å². The Bertz CT molecular complexity index is 676. The summed E-state index contributed by atoms with van der Waals surface area (Å²) in [5, 5.41) is 10.7. The summed E-state index contributed by atoms with van der Waals surface area (Å²) in [6.07, 6.45) is 3.58. The van der Waals surface area contributed by atoms with E-state index >= 15 is 0 Å². The van der Waals surface area contributed by atoms with E-state index in [0.717, 1.165) is 25.7 Å². The third-order valence-corrected chi connectivity index (χ3v) is 4.29. The van der Waals surface area contributed by atoms with E-state index in [2.05, 4.69) is 21.3 Å². The van der Waals surface area contributed by atoms with Crippen molar-refractivity contribution in [1.29, 1.82) is 0 Å². The molecule has 0 atom stereocenters. The van der Waals surface area contributed by atoms with Crippen molar-refractivity contribution < 1.29 is 22.6 Å². The fraction of sp³-hybridized carbons (Fsp3) is 0.500. The van der Waals surface area contributed by atoms with Crippen molar-refractivity contribution >= 4 is 27.9 Å². The van der Waals surface area contributed by atoms with Crippen molar-refractivity contribution in [3.05, 3.63) is 24.3 Å². The van der Waals surface area contributed by atoms with Crippen LogP contribution in [0, 0.1) is 0 Å². The normalized spacial score (nSPS) is 10.8. The molecule has 0 heterocycles. The molecule has 10 heteroatoms. The molecule has 1 aromatic rings. The molecule has 0 radical (unpaired) electrons. The van der Waals surface area contributed by atoms with Crippen LogP contribution in [-0.2, 0) is 10.1 Å². The molecule has 1 rings (SSSR count). The Hall–Kier alpha value is -2.33. The second-order valence-corrected chi connectivity index (χ2v) is 7.00. The maximum absolute atomic E-state index is 11.7. The van der Waals surface area contributed by atoms with Crippen molar-refractivity contribution in [3.8, 4) is 0 Å². The van der Waals surface area contributed by atoms with Gasteiger partial charge in [0, 0.05) is 25.3 Å². The Labute approximate surface area is 153 Å². The number of benzene rings is 1. The second-order valence-electron chi connectivity index (χ2n) is 5.58. The van der Waals surface area contributed by atoms with Gasteiger partial charge in [-0.05, 0) is 44.0 Å². The minimum Gasteiger partial charge on any atom is -0.338 e. The summed E-state index contributed by atoms with van der Waals surface area (Å²) in [6, 6.07) is 4.66. The smallest absolute Gasteiger partial charge is 0.319 e. The van der Waals surface area contributed by atoms with Crippen molar-refractivity contribution in [2.24, 2.45) is 0 Å². The number of anilines is 1. The largest absolute Gasteiger partial charge is 0.338 e. The number of urea groups is 2. The Kier molecular flexibility index (Phi) is 9.45. The van der Waals surface area contributed by atoms with E-state index in [4.69, 9.17) is 4.55 Å². The first-order chi connectivity index (χ1) is 12.3. The summed E-state index contributed by atoms with van der Waals surface area (Å²) >= 11 is 0. The third-order valence-electron chi connectivity index (χ3n) is 3.42. The number of unbranched alkanes of at least 4 members (excludes halogenated alkanes) is 3. The molecule has 4 amide bonds. The van der Waals surface area contributed by atoms with Gasteiger partial charge in [-0.1, -0.05) is 12.8 Å². The van der Waals surface area contributed by atoms with Gasteiger partial charge in [0.25, 0.3) is 10.1 Å². The van der Waals surface area contributed by atoms with Gasteiger partial charge in [0.05, 0.1) is 4.90 Å². The SMILES string of the molecule is CCNC(=O)NCCCCCCNC(=O)Nc1ccc(S(=O)(=O)O)cc1. The van der Waals surface area contributed by atoms with E-state index in [9.17, 15) is 18.0 Å². The zero-order valence-electron chi connectivity index (χ0n) is 14.7. The number of hydrogen-bond donors (Lipinski definition) is 5. The lowest BCUT2D eigenvalue weighted by Crippen LogP contribution is -2.35. The van der Waals surface area contributed by atoms with Gasteiger partial charge in [0.1, 0.15) is 0 Å². The number of carbonyl (C=O) groups excluding carboxylic acids is 2. The molecular formula is C16H26N4O5S. The monoisotopic (exact) mass is 386 g/mol. The molecule has 9 nitrogen and oxygen atoms in total.